The Balaban J connectivity index is 1.83. The number of amides is 1. The molecule has 0 atom stereocenters. The predicted octanol–water partition coefficient (Wildman–Crippen LogP) is 2.99. The van der Waals surface area contributed by atoms with Gasteiger partial charge in [0.2, 0.25) is 0 Å². The van der Waals surface area contributed by atoms with E-state index in [0.717, 1.165) is 16.5 Å². The number of hydrogen-bond acceptors (Lipinski definition) is 4. The fourth-order valence-electron chi connectivity index (χ4n) is 2.21. The highest BCUT2D eigenvalue weighted by atomic mass is 32.1. The molecule has 1 amide bonds. The van der Waals surface area contributed by atoms with Crippen LogP contribution in [-0.2, 0) is 6.54 Å². The zero-order valence-electron chi connectivity index (χ0n) is 11.6. The number of hydrogen-bond donors (Lipinski definition) is 1. The maximum atomic E-state index is 11.8. The number of aromatic nitrogens is 1. The van der Waals surface area contributed by atoms with Crippen LogP contribution in [0.3, 0.4) is 0 Å². The molecule has 3 rings (SSSR count). The standard InChI is InChI=1S/C16H12N4OS/c17-7-8-20-11-12(13-4-1-2-5-14(13)20)10-18-19-16(21)15-6-3-9-22-15/h1-6,9-11H,8H2,(H,19,21)/b18-10+. The van der Waals surface area contributed by atoms with Crippen molar-refractivity contribution in [2.75, 3.05) is 0 Å². The number of para-hydroxylation sites is 1. The van der Waals surface area contributed by atoms with Crippen molar-refractivity contribution in [1.29, 1.82) is 5.26 Å². The average Bonchev–Trinajstić information content (AvgIpc) is 3.17. The van der Waals surface area contributed by atoms with E-state index < -0.39 is 0 Å². The predicted molar refractivity (Wildman–Crippen MR) is 86.9 cm³/mol. The molecule has 0 saturated heterocycles. The Kier molecular flexibility index (Phi) is 3.99. The minimum Gasteiger partial charge on any atom is -0.333 e. The number of fused-ring (bicyclic) bond motifs is 1. The molecule has 6 heteroatoms. The van der Waals surface area contributed by atoms with Crippen LogP contribution in [0.2, 0.25) is 0 Å². The Labute approximate surface area is 131 Å². The zero-order chi connectivity index (χ0) is 15.4. The minimum atomic E-state index is -0.230. The number of carbonyl (C=O) groups excluding carboxylic acids is 1. The largest absolute Gasteiger partial charge is 0.333 e. The van der Waals surface area contributed by atoms with Gasteiger partial charge in [-0.2, -0.15) is 10.4 Å². The molecule has 108 valence electrons. The number of nitriles is 1. The van der Waals surface area contributed by atoms with Gasteiger partial charge in [-0.05, 0) is 17.5 Å². The Morgan fingerprint density at radius 3 is 3.00 bits per heavy atom. The number of thiophene rings is 1. The zero-order valence-corrected chi connectivity index (χ0v) is 12.4. The quantitative estimate of drug-likeness (QED) is 0.594. The normalized spacial score (nSPS) is 10.9. The molecular formula is C16H12N4OS. The molecule has 3 aromatic rings. The van der Waals surface area contributed by atoms with Crippen LogP contribution in [0.25, 0.3) is 10.9 Å². The molecule has 2 aromatic heterocycles. The third-order valence-corrected chi connectivity index (χ3v) is 4.04. The van der Waals surface area contributed by atoms with Gasteiger partial charge in [-0.3, -0.25) is 4.79 Å². The topological polar surface area (TPSA) is 70.2 Å². The van der Waals surface area contributed by atoms with Gasteiger partial charge >= 0.3 is 0 Å². The van der Waals surface area contributed by atoms with Crippen LogP contribution >= 0.6 is 11.3 Å². The van der Waals surface area contributed by atoms with Crippen LogP contribution in [0.5, 0.6) is 0 Å². The molecule has 0 saturated carbocycles. The van der Waals surface area contributed by atoms with E-state index >= 15 is 0 Å². The van der Waals surface area contributed by atoms with Crippen LogP contribution in [0.4, 0.5) is 0 Å². The second kappa shape index (κ2) is 6.24. The van der Waals surface area contributed by atoms with Crippen molar-refractivity contribution in [2.24, 2.45) is 5.10 Å². The van der Waals surface area contributed by atoms with Crippen LogP contribution < -0.4 is 5.43 Å². The lowest BCUT2D eigenvalue weighted by Crippen LogP contribution is -2.16. The van der Waals surface area contributed by atoms with E-state index in [1.165, 1.54) is 11.3 Å². The molecule has 0 bridgehead atoms. The molecule has 0 spiro atoms. The highest BCUT2D eigenvalue weighted by Gasteiger charge is 2.07. The summed E-state index contributed by atoms with van der Waals surface area (Å²) in [6, 6.07) is 13.5. The SMILES string of the molecule is N#CCn1cc(/C=N/NC(=O)c2cccs2)c2ccccc21. The van der Waals surface area contributed by atoms with Crippen LogP contribution in [0, 0.1) is 11.3 Å². The van der Waals surface area contributed by atoms with E-state index in [1.807, 2.05) is 46.5 Å². The smallest absolute Gasteiger partial charge is 0.281 e. The lowest BCUT2D eigenvalue weighted by atomic mass is 10.2. The number of benzene rings is 1. The van der Waals surface area contributed by atoms with Gasteiger partial charge in [-0.15, -0.1) is 11.3 Å². The summed E-state index contributed by atoms with van der Waals surface area (Å²) in [5, 5.41) is 15.7. The molecule has 1 aromatic carbocycles. The summed E-state index contributed by atoms with van der Waals surface area (Å²) in [5.74, 6) is -0.230. The first kappa shape index (κ1) is 14.0. The maximum absolute atomic E-state index is 11.8. The van der Waals surface area contributed by atoms with E-state index in [4.69, 9.17) is 5.26 Å². The van der Waals surface area contributed by atoms with Gasteiger partial charge in [0.25, 0.3) is 5.91 Å². The van der Waals surface area contributed by atoms with E-state index in [-0.39, 0.29) is 12.5 Å². The number of rotatable bonds is 4. The molecule has 0 unspecified atom stereocenters. The summed E-state index contributed by atoms with van der Waals surface area (Å²) in [6.07, 6.45) is 3.45. The third-order valence-electron chi connectivity index (χ3n) is 3.18. The van der Waals surface area contributed by atoms with Gasteiger partial charge < -0.3 is 4.57 Å². The molecule has 0 radical (unpaired) electrons. The summed E-state index contributed by atoms with van der Waals surface area (Å²) in [5.41, 5.74) is 4.33. The van der Waals surface area contributed by atoms with Gasteiger partial charge in [0.1, 0.15) is 6.54 Å². The number of carbonyl (C=O) groups is 1. The Bertz CT molecular complexity index is 871. The van der Waals surface area contributed by atoms with Crippen molar-refractivity contribution in [1.82, 2.24) is 9.99 Å². The van der Waals surface area contributed by atoms with Crippen molar-refractivity contribution in [3.8, 4) is 6.07 Å². The Morgan fingerprint density at radius 2 is 2.23 bits per heavy atom. The van der Waals surface area contributed by atoms with Gasteiger partial charge in [0.05, 0.1) is 17.2 Å². The average molecular weight is 308 g/mol. The van der Waals surface area contributed by atoms with E-state index in [9.17, 15) is 4.79 Å². The van der Waals surface area contributed by atoms with Crippen molar-refractivity contribution in [3.63, 3.8) is 0 Å². The molecule has 5 nitrogen and oxygen atoms in total. The lowest BCUT2D eigenvalue weighted by Gasteiger charge is -1.96. The second-order valence-corrected chi connectivity index (χ2v) is 5.51. The summed E-state index contributed by atoms with van der Waals surface area (Å²) in [4.78, 5) is 12.4. The summed E-state index contributed by atoms with van der Waals surface area (Å²) in [7, 11) is 0. The monoisotopic (exact) mass is 308 g/mol. The summed E-state index contributed by atoms with van der Waals surface area (Å²) in [6.45, 7) is 0.274. The van der Waals surface area contributed by atoms with E-state index in [0.29, 0.717) is 4.88 Å². The van der Waals surface area contributed by atoms with Gasteiger partial charge in [-0.25, -0.2) is 5.43 Å². The molecule has 0 aliphatic carbocycles. The molecule has 0 aliphatic heterocycles. The molecule has 1 N–H and O–H groups in total. The molecule has 0 fully saturated rings. The van der Waals surface area contributed by atoms with E-state index in [2.05, 4.69) is 16.6 Å². The number of hydrazone groups is 1. The highest BCUT2D eigenvalue weighted by Crippen LogP contribution is 2.19. The fraction of sp³-hybridized carbons (Fsp3) is 0.0625. The summed E-state index contributed by atoms with van der Waals surface area (Å²) < 4.78 is 1.86. The van der Waals surface area contributed by atoms with Crippen molar-refractivity contribution >= 4 is 34.4 Å². The first-order valence-electron chi connectivity index (χ1n) is 6.61. The van der Waals surface area contributed by atoms with Crippen molar-refractivity contribution in [3.05, 3.63) is 58.4 Å². The lowest BCUT2D eigenvalue weighted by molar-refractivity contribution is 0.0959. The fourth-order valence-corrected chi connectivity index (χ4v) is 2.82. The van der Waals surface area contributed by atoms with Crippen LogP contribution in [-0.4, -0.2) is 16.7 Å². The molecular weight excluding hydrogens is 296 g/mol. The van der Waals surface area contributed by atoms with Gasteiger partial charge in [-0.1, -0.05) is 24.3 Å². The van der Waals surface area contributed by atoms with Gasteiger partial charge in [0, 0.05) is 22.7 Å². The highest BCUT2D eigenvalue weighted by molar-refractivity contribution is 7.12. The Morgan fingerprint density at radius 1 is 1.36 bits per heavy atom. The maximum Gasteiger partial charge on any atom is 0.281 e. The molecule has 22 heavy (non-hydrogen) atoms. The summed E-state index contributed by atoms with van der Waals surface area (Å²) >= 11 is 1.36. The van der Waals surface area contributed by atoms with Crippen molar-refractivity contribution in [2.45, 2.75) is 6.54 Å². The number of nitrogens with zero attached hydrogens (tertiary/aromatic N) is 3. The second-order valence-electron chi connectivity index (χ2n) is 4.56. The first-order chi connectivity index (χ1) is 10.8. The van der Waals surface area contributed by atoms with E-state index in [1.54, 1.807) is 12.3 Å². The molecule has 2 heterocycles. The Hall–Kier alpha value is -2.91. The van der Waals surface area contributed by atoms with Gasteiger partial charge in [0.15, 0.2) is 0 Å². The third kappa shape index (κ3) is 2.75. The minimum absolute atomic E-state index is 0.230. The van der Waals surface area contributed by atoms with Crippen LogP contribution in [0.15, 0.2) is 53.1 Å². The van der Waals surface area contributed by atoms with Crippen molar-refractivity contribution < 1.29 is 4.79 Å². The molecule has 0 aliphatic rings. The number of nitrogens with one attached hydrogen (secondary N) is 1. The van der Waals surface area contributed by atoms with Crippen LogP contribution in [0.1, 0.15) is 15.2 Å². The first-order valence-corrected chi connectivity index (χ1v) is 7.49.